The fourth-order valence-electron chi connectivity index (χ4n) is 1.08. The molecule has 0 saturated carbocycles. The third-order valence-corrected chi connectivity index (χ3v) is 4.07. The highest BCUT2D eigenvalue weighted by atomic mass is 32.2. The molecule has 0 atom stereocenters. The molecule has 0 aliphatic rings. The summed E-state index contributed by atoms with van der Waals surface area (Å²) in [4.78, 5) is 11.5. The van der Waals surface area contributed by atoms with Gasteiger partial charge in [0.15, 0.2) is 9.84 Å². The predicted molar refractivity (Wildman–Crippen MR) is 67.7 cm³/mol. The number of carbonyl (C=O) groups excluding carboxylic acids is 1. The monoisotopic (exact) mass is 319 g/mol. The zero-order valence-corrected chi connectivity index (χ0v) is 12.5. The summed E-state index contributed by atoms with van der Waals surface area (Å²) in [5.41, 5.74) is -0.637. The van der Waals surface area contributed by atoms with Crippen LogP contribution in [0.1, 0.15) is 27.2 Å². The Hall–Kier alpha value is -0.830. The van der Waals surface area contributed by atoms with Crippen LogP contribution in [0.2, 0.25) is 0 Å². The van der Waals surface area contributed by atoms with Gasteiger partial charge in [-0.2, -0.15) is 13.2 Å². The lowest BCUT2D eigenvalue weighted by molar-refractivity contribution is -0.153. The quantitative estimate of drug-likeness (QED) is 0.542. The Morgan fingerprint density at radius 2 is 1.80 bits per heavy atom. The van der Waals surface area contributed by atoms with Gasteiger partial charge in [-0.1, -0.05) is 6.92 Å². The lowest BCUT2D eigenvalue weighted by atomic mass is 9.91. The molecule has 1 N–H and O–H groups in total. The summed E-state index contributed by atoms with van der Waals surface area (Å²) in [6.07, 6.45) is -4.17. The third-order valence-electron chi connectivity index (χ3n) is 2.65. The molecule has 0 bridgehead atoms. The van der Waals surface area contributed by atoms with Crippen molar-refractivity contribution in [2.24, 2.45) is 5.41 Å². The first-order valence-electron chi connectivity index (χ1n) is 6.05. The van der Waals surface area contributed by atoms with Gasteiger partial charge in [0, 0.05) is 6.54 Å². The SMILES string of the molecule is CCC(C)(C)C(=O)OCCNCS(=O)(=O)CC(F)(F)F. The fourth-order valence-corrected chi connectivity index (χ4v) is 2.14. The van der Waals surface area contributed by atoms with Gasteiger partial charge in [-0.25, -0.2) is 8.42 Å². The van der Waals surface area contributed by atoms with Crippen LogP contribution in [-0.4, -0.2) is 45.3 Å². The van der Waals surface area contributed by atoms with Crippen LogP contribution in [-0.2, 0) is 19.4 Å². The minimum absolute atomic E-state index is 0.0252. The number of alkyl halides is 3. The fraction of sp³-hybridized carbons (Fsp3) is 0.909. The summed E-state index contributed by atoms with van der Waals surface area (Å²) in [5.74, 6) is -3.10. The smallest absolute Gasteiger partial charge is 0.402 e. The van der Waals surface area contributed by atoms with Gasteiger partial charge in [-0.3, -0.25) is 4.79 Å². The van der Waals surface area contributed by atoms with Crippen LogP contribution < -0.4 is 5.32 Å². The highest BCUT2D eigenvalue weighted by molar-refractivity contribution is 7.91. The molecule has 0 aromatic carbocycles. The van der Waals surface area contributed by atoms with Crippen molar-refractivity contribution >= 4 is 15.8 Å². The number of nitrogens with one attached hydrogen (secondary N) is 1. The van der Waals surface area contributed by atoms with Crippen molar-refractivity contribution in [2.75, 3.05) is 24.8 Å². The first-order valence-corrected chi connectivity index (χ1v) is 7.87. The minimum Gasteiger partial charge on any atom is -0.464 e. The van der Waals surface area contributed by atoms with Crippen LogP contribution in [0.15, 0.2) is 0 Å². The Balaban J connectivity index is 3.97. The van der Waals surface area contributed by atoms with Gasteiger partial charge in [0.05, 0.1) is 11.3 Å². The summed E-state index contributed by atoms with van der Waals surface area (Å²) < 4.78 is 62.8. The number of esters is 1. The molecule has 0 aromatic rings. The molecule has 0 spiro atoms. The van der Waals surface area contributed by atoms with Crippen molar-refractivity contribution in [3.05, 3.63) is 0 Å². The standard InChI is InChI=1S/C11H20F3NO4S/c1-4-10(2,3)9(16)19-6-5-15-8-20(17,18)7-11(12,13)14/h15H,4-8H2,1-3H3. The number of hydrogen-bond donors (Lipinski definition) is 1. The largest absolute Gasteiger partial charge is 0.464 e. The molecule has 0 fully saturated rings. The van der Waals surface area contributed by atoms with E-state index in [1.165, 1.54) is 0 Å². The van der Waals surface area contributed by atoms with Crippen LogP contribution in [0.5, 0.6) is 0 Å². The predicted octanol–water partition coefficient (Wildman–Crippen LogP) is 1.49. The van der Waals surface area contributed by atoms with E-state index in [9.17, 15) is 26.4 Å². The summed E-state index contributed by atoms with van der Waals surface area (Å²) in [6.45, 7) is 5.11. The second-order valence-corrected chi connectivity index (χ2v) is 7.09. The van der Waals surface area contributed by atoms with Crippen LogP contribution in [0.3, 0.4) is 0 Å². The number of sulfone groups is 1. The van der Waals surface area contributed by atoms with Crippen molar-refractivity contribution in [1.82, 2.24) is 5.32 Å². The molecule has 0 aromatic heterocycles. The molecule has 120 valence electrons. The highest BCUT2D eigenvalue weighted by Gasteiger charge is 2.34. The Labute approximate surface area is 116 Å². The van der Waals surface area contributed by atoms with Gasteiger partial charge >= 0.3 is 12.1 Å². The Bertz CT molecular complexity index is 418. The maximum atomic E-state index is 11.9. The lowest BCUT2D eigenvalue weighted by Crippen LogP contribution is -2.34. The average molecular weight is 319 g/mol. The van der Waals surface area contributed by atoms with Gasteiger partial charge in [0.1, 0.15) is 12.4 Å². The van der Waals surface area contributed by atoms with Crippen LogP contribution >= 0.6 is 0 Å². The normalized spacial score (nSPS) is 13.3. The first kappa shape index (κ1) is 19.2. The van der Waals surface area contributed by atoms with Gasteiger partial charge in [0.25, 0.3) is 0 Å². The molecule has 20 heavy (non-hydrogen) atoms. The second-order valence-electron chi connectivity index (χ2n) is 5.02. The van der Waals surface area contributed by atoms with E-state index in [0.29, 0.717) is 6.42 Å². The Morgan fingerprint density at radius 3 is 2.25 bits per heavy atom. The van der Waals surface area contributed by atoms with E-state index in [0.717, 1.165) is 0 Å². The van der Waals surface area contributed by atoms with Crippen LogP contribution in [0.4, 0.5) is 13.2 Å². The summed E-state index contributed by atoms with van der Waals surface area (Å²) >= 11 is 0. The molecule has 0 aliphatic carbocycles. The van der Waals surface area contributed by atoms with Crippen LogP contribution in [0.25, 0.3) is 0 Å². The zero-order chi connectivity index (χ0) is 16.0. The number of carbonyl (C=O) groups is 1. The summed E-state index contributed by atoms with van der Waals surface area (Å²) in [5, 5.41) is 2.31. The summed E-state index contributed by atoms with van der Waals surface area (Å²) in [6, 6.07) is 0. The van der Waals surface area contributed by atoms with Crippen molar-refractivity contribution in [1.29, 1.82) is 0 Å². The number of halogens is 3. The van der Waals surface area contributed by atoms with E-state index in [1.54, 1.807) is 13.8 Å². The zero-order valence-electron chi connectivity index (χ0n) is 11.7. The van der Waals surface area contributed by atoms with E-state index in [1.807, 2.05) is 6.92 Å². The lowest BCUT2D eigenvalue weighted by Gasteiger charge is -2.20. The van der Waals surface area contributed by atoms with E-state index in [4.69, 9.17) is 4.74 Å². The van der Waals surface area contributed by atoms with E-state index >= 15 is 0 Å². The average Bonchev–Trinajstić information content (AvgIpc) is 2.24. The molecular formula is C11H20F3NO4S. The minimum atomic E-state index is -4.75. The van der Waals surface area contributed by atoms with Gasteiger partial charge in [0.2, 0.25) is 0 Å². The highest BCUT2D eigenvalue weighted by Crippen LogP contribution is 2.21. The molecule has 5 nitrogen and oxygen atoms in total. The molecular weight excluding hydrogens is 299 g/mol. The third kappa shape index (κ3) is 8.36. The van der Waals surface area contributed by atoms with E-state index < -0.39 is 39.0 Å². The maximum Gasteiger partial charge on any atom is 0.402 e. The van der Waals surface area contributed by atoms with Crippen molar-refractivity contribution in [3.63, 3.8) is 0 Å². The molecule has 9 heteroatoms. The molecule has 0 saturated heterocycles. The van der Waals surface area contributed by atoms with Crippen molar-refractivity contribution in [2.45, 2.75) is 33.4 Å². The van der Waals surface area contributed by atoms with Gasteiger partial charge < -0.3 is 10.1 Å². The Morgan fingerprint density at radius 1 is 1.25 bits per heavy atom. The first-order chi connectivity index (χ1) is 8.90. The molecule has 0 amide bonds. The molecule has 0 aliphatic heterocycles. The summed E-state index contributed by atoms with van der Waals surface area (Å²) in [7, 11) is -4.25. The molecule has 0 heterocycles. The molecule has 0 rings (SSSR count). The van der Waals surface area contributed by atoms with Crippen molar-refractivity contribution in [3.8, 4) is 0 Å². The van der Waals surface area contributed by atoms with E-state index in [-0.39, 0.29) is 13.2 Å². The van der Waals surface area contributed by atoms with Crippen molar-refractivity contribution < 1.29 is 31.1 Å². The van der Waals surface area contributed by atoms with E-state index in [2.05, 4.69) is 5.32 Å². The number of ether oxygens (including phenoxy) is 1. The van der Waals surface area contributed by atoms with Gasteiger partial charge in [-0.05, 0) is 20.3 Å². The molecule has 0 radical (unpaired) electrons. The molecule has 0 unspecified atom stereocenters. The van der Waals surface area contributed by atoms with Gasteiger partial charge in [-0.15, -0.1) is 0 Å². The second kappa shape index (κ2) is 7.26. The number of rotatable bonds is 8. The Kier molecular flexibility index (Phi) is 6.96. The van der Waals surface area contributed by atoms with Crippen LogP contribution in [0, 0.1) is 5.41 Å². The maximum absolute atomic E-state index is 11.9. The topological polar surface area (TPSA) is 72.5 Å². The number of hydrogen-bond acceptors (Lipinski definition) is 5.